The Bertz CT molecular complexity index is 911. The average Bonchev–Trinajstić information content (AvgIpc) is 3.47. The smallest absolute Gasteiger partial charge is 0.220 e. The van der Waals surface area contributed by atoms with Crippen molar-refractivity contribution < 1.29 is 23.5 Å². The van der Waals surface area contributed by atoms with E-state index in [0.29, 0.717) is 30.0 Å². The Balaban J connectivity index is 0.918. The molecule has 1 unspecified atom stereocenters. The van der Waals surface area contributed by atoms with E-state index >= 15 is 0 Å². The SMILES string of the molecule is O=C(CC1CCC(OC2CCOC2)CC1)NC1CCC(CCN2CCC(C(=O)c3ccc(F)cc3)CC2)CC1. The molecule has 216 valence electrons. The summed E-state index contributed by atoms with van der Waals surface area (Å²) in [6.45, 7) is 4.59. The fourth-order valence-electron chi connectivity index (χ4n) is 7.14. The van der Waals surface area contributed by atoms with Crippen molar-refractivity contribution in [1.29, 1.82) is 0 Å². The van der Waals surface area contributed by atoms with Crippen LogP contribution in [0.1, 0.15) is 93.8 Å². The van der Waals surface area contributed by atoms with E-state index in [1.807, 2.05) is 0 Å². The van der Waals surface area contributed by atoms with Gasteiger partial charge in [0.05, 0.1) is 18.8 Å². The highest BCUT2D eigenvalue weighted by molar-refractivity contribution is 5.97. The topological polar surface area (TPSA) is 67.9 Å². The Hall–Kier alpha value is -1.83. The molecule has 4 fully saturated rings. The molecule has 2 saturated heterocycles. The number of ketones is 1. The van der Waals surface area contributed by atoms with E-state index in [9.17, 15) is 14.0 Å². The molecule has 1 aromatic carbocycles. The van der Waals surface area contributed by atoms with Gasteiger partial charge in [-0.2, -0.15) is 0 Å². The van der Waals surface area contributed by atoms with Crippen molar-refractivity contribution in [3.8, 4) is 0 Å². The number of halogens is 1. The van der Waals surface area contributed by atoms with E-state index in [1.54, 1.807) is 12.1 Å². The zero-order chi connectivity index (χ0) is 27.0. The largest absolute Gasteiger partial charge is 0.379 e. The molecule has 0 radical (unpaired) electrons. The molecular formula is C32H47FN2O4. The predicted molar refractivity (Wildman–Crippen MR) is 149 cm³/mol. The van der Waals surface area contributed by atoms with Crippen LogP contribution in [-0.2, 0) is 14.3 Å². The normalized spacial score (nSPS) is 30.7. The van der Waals surface area contributed by atoms with Crippen molar-refractivity contribution in [2.45, 2.75) is 102 Å². The molecule has 4 aliphatic rings. The number of carbonyl (C=O) groups excluding carboxylic acids is 2. The van der Waals surface area contributed by atoms with E-state index < -0.39 is 0 Å². The van der Waals surface area contributed by atoms with E-state index in [4.69, 9.17) is 9.47 Å². The summed E-state index contributed by atoms with van der Waals surface area (Å²) < 4.78 is 24.8. The number of rotatable bonds is 10. The number of ether oxygens (including phenoxy) is 2. The quantitative estimate of drug-likeness (QED) is 0.393. The second-order valence-corrected chi connectivity index (χ2v) is 12.5. The Morgan fingerprint density at radius 2 is 1.56 bits per heavy atom. The van der Waals surface area contributed by atoms with Crippen LogP contribution in [0.3, 0.4) is 0 Å². The number of amides is 1. The zero-order valence-corrected chi connectivity index (χ0v) is 23.5. The number of hydrogen-bond acceptors (Lipinski definition) is 5. The van der Waals surface area contributed by atoms with Crippen LogP contribution >= 0.6 is 0 Å². The number of nitrogens with one attached hydrogen (secondary N) is 1. The minimum atomic E-state index is -0.299. The molecule has 2 aliphatic heterocycles. The van der Waals surface area contributed by atoms with Gasteiger partial charge in [0.1, 0.15) is 5.82 Å². The number of hydrogen-bond donors (Lipinski definition) is 1. The number of nitrogens with zero attached hydrogens (tertiary/aromatic N) is 1. The molecular weight excluding hydrogens is 495 g/mol. The summed E-state index contributed by atoms with van der Waals surface area (Å²) in [6.07, 6.45) is 14.2. The number of piperidine rings is 1. The summed E-state index contributed by atoms with van der Waals surface area (Å²) in [7, 11) is 0. The molecule has 0 bridgehead atoms. The van der Waals surface area contributed by atoms with Gasteiger partial charge in [-0.25, -0.2) is 4.39 Å². The van der Waals surface area contributed by atoms with Gasteiger partial charge in [0.2, 0.25) is 5.91 Å². The van der Waals surface area contributed by atoms with Crippen LogP contribution in [0.15, 0.2) is 24.3 Å². The van der Waals surface area contributed by atoms with Crippen molar-refractivity contribution in [2.75, 3.05) is 32.8 Å². The molecule has 1 atom stereocenters. The molecule has 2 saturated carbocycles. The fourth-order valence-corrected chi connectivity index (χ4v) is 7.14. The number of benzene rings is 1. The Morgan fingerprint density at radius 1 is 0.872 bits per heavy atom. The first-order chi connectivity index (χ1) is 19.0. The summed E-state index contributed by atoms with van der Waals surface area (Å²) in [5.74, 6) is 1.39. The Kier molecular flexibility index (Phi) is 10.4. The summed E-state index contributed by atoms with van der Waals surface area (Å²) >= 11 is 0. The molecule has 1 N–H and O–H groups in total. The lowest BCUT2D eigenvalue weighted by Crippen LogP contribution is -2.40. The van der Waals surface area contributed by atoms with E-state index in [0.717, 1.165) is 96.6 Å². The van der Waals surface area contributed by atoms with Crippen LogP contribution in [0.2, 0.25) is 0 Å². The zero-order valence-electron chi connectivity index (χ0n) is 23.5. The third-order valence-corrected chi connectivity index (χ3v) is 9.69. The molecule has 39 heavy (non-hydrogen) atoms. The van der Waals surface area contributed by atoms with E-state index in [2.05, 4.69) is 10.2 Å². The highest BCUT2D eigenvalue weighted by atomic mass is 19.1. The molecule has 0 aromatic heterocycles. The van der Waals surface area contributed by atoms with Gasteiger partial charge in [0.15, 0.2) is 5.78 Å². The minimum absolute atomic E-state index is 0.0566. The molecule has 0 spiro atoms. The predicted octanol–water partition coefficient (Wildman–Crippen LogP) is 5.54. The van der Waals surface area contributed by atoms with Crippen molar-refractivity contribution in [3.63, 3.8) is 0 Å². The number of likely N-dealkylation sites (tertiary alicyclic amines) is 1. The van der Waals surface area contributed by atoms with Gasteiger partial charge in [0, 0.05) is 30.6 Å². The van der Waals surface area contributed by atoms with E-state index in [-0.39, 0.29) is 29.5 Å². The molecule has 7 heteroatoms. The number of carbonyl (C=O) groups is 2. The molecule has 2 aliphatic carbocycles. The van der Waals surface area contributed by atoms with Crippen LogP contribution in [-0.4, -0.2) is 67.7 Å². The van der Waals surface area contributed by atoms with Crippen molar-refractivity contribution in [3.05, 3.63) is 35.6 Å². The monoisotopic (exact) mass is 542 g/mol. The summed E-state index contributed by atoms with van der Waals surface area (Å²) in [6, 6.07) is 6.30. The molecule has 1 aromatic rings. The fraction of sp³-hybridized carbons (Fsp3) is 0.750. The molecule has 1 amide bonds. The van der Waals surface area contributed by atoms with Gasteiger partial charge >= 0.3 is 0 Å². The summed E-state index contributed by atoms with van der Waals surface area (Å²) in [5.41, 5.74) is 0.631. The first-order valence-electron chi connectivity index (χ1n) is 15.6. The van der Waals surface area contributed by atoms with Crippen molar-refractivity contribution in [2.24, 2.45) is 17.8 Å². The van der Waals surface area contributed by atoms with Gasteiger partial charge < -0.3 is 19.7 Å². The van der Waals surface area contributed by atoms with Gasteiger partial charge in [-0.15, -0.1) is 0 Å². The van der Waals surface area contributed by atoms with Crippen LogP contribution in [0.4, 0.5) is 4.39 Å². The first kappa shape index (κ1) is 28.7. The average molecular weight is 543 g/mol. The summed E-state index contributed by atoms with van der Waals surface area (Å²) in [4.78, 5) is 28.0. The standard InChI is InChI=1S/C32H47FN2O4/c33-27-7-5-25(6-8-27)32(37)26-14-18-35(19-15-26)17-13-23-1-9-28(10-2-23)34-31(36)21-24-3-11-29(12-4-24)39-30-16-20-38-22-30/h5-8,23-24,26,28-30H,1-4,9-22H2,(H,34,36). The maximum Gasteiger partial charge on any atom is 0.220 e. The molecule has 6 nitrogen and oxygen atoms in total. The second kappa shape index (κ2) is 14.2. The van der Waals surface area contributed by atoms with Crippen LogP contribution < -0.4 is 5.32 Å². The maximum atomic E-state index is 13.2. The van der Waals surface area contributed by atoms with Crippen molar-refractivity contribution in [1.82, 2.24) is 10.2 Å². The molecule has 5 rings (SSSR count). The lowest BCUT2D eigenvalue weighted by atomic mass is 9.83. The lowest BCUT2D eigenvalue weighted by molar-refractivity contribution is -0.123. The highest BCUT2D eigenvalue weighted by Gasteiger charge is 2.29. The lowest BCUT2D eigenvalue weighted by Gasteiger charge is -2.34. The Labute approximate surface area is 233 Å². The van der Waals surface area contributed by atoms with Crippen LogP contribution in [0.5, 0.6) is 0 Å². The third-order valence-electron chi connectivity index (χ3n) is 9.69. The van der Waals surface area contributed by atoms with Gasteiger partial charge in [0.25, 0.3) is 0 Å². The second-order valence-electron chi connectivity index (χ2n) is 12.5. The van der Waals surface area contributed by atoms with Crippen molar-refractivity contribution >= 4 is 11.7 Å². The van der Waals surface area contributed by atoms with E-state index in [1.165, 1.54) is 31.4 Å². The maximum absolute atomic E-state index is 13.2. The van der Waals surface area contributed by atoms with Gasteiger partial charge in [-0.1, -0.05) is 0 Å². The van der Waals surface area contributed by atoms with Crippen LogP contribution in [0.25, 0.3) is 0 Å². The third kappa shape index (κ3) is 8.58. The number of Topliss-reactive ketones (excluding diaryl/α,β-unsaturated/α-hetero) is 1. The Morgan fingerprint density at radius 3 is 2.23 bits per heavy atom. The summed E-state index contributed by atoms with van der Waals surface area (Å²) in [5, 5.41) is 3.34. The van der Waals surface area contributed by atoms with Gasteiger partial charge in [-0.05, 0) is 133 Å². The minimum Gasteiger partial charge on any atom is -0.379 e. The molecule has 2 heterocycles. The van der Waals surface area contributed by atoms with Gasteiger partial charge in [-0.3, -0.25) is 9.59 Å². The van der Waals surface area contributed by atoms with Crippen LogP contribution in [0, 0.1) is 23.6 Å². The highest BCUT2D eigenvalue weighted by Crippen LogP contribution is 2.31. The first-order valence-corrected chi connectivity index (χ1v) is 15.6.